The molecule has 7 heteroatoms. The first-order valence-electron chi connectivity index (χ1n) is 7.64. The standard InChI is InChI=1S/C14H21N3O3S/c18-12-7-15-14(20)17(12)10-5-6-16(8-10)13(19)9-21-11-3-1-2-4-11/h10-11H,1-9H2,(H,15,20). The maximum atomic E-state index is 12.2. The molecule has 0 aromatic heterocycles. The first-order chi connectivity index (χ1) is 10.1. The van der Waals surface area contributed by atoms with E-state index in [4.69, 9.17) is 0 Å². The number of hydrogen-bond donors (Lipinski definition) is 1. The van der Waals surface area contributed by atoms with Gasteiger partial charge in [-0.05, 0) is 19.3 Å². The summed E-state index contributed by atoms with van der Waals surface area (Å²) in [7, 11) is 0. The van der Waals surface area contributed by atoms with Gasteiger partial charge in [-0.15, -0.1) is 11.8 Å². The van der Waals surface area contributed by atoms with E-state index in [0.717, 1.165) is 0 Å². The van der Waals surface area contributed by atoms with Gasteiger partial charge in [-0.1, -0.05) is 12.8 Å². The summed E-state index contributed by atoms with van der Waals surface area (Å²) in [5.74, 6) is 0.485. The number of thioether (sulfide) groups is 1. The SMILES string of the molecule is O=C(CSC1CCCC1)N1CCC(N2C(=O)CNC2=O)C1. The van der Waals surface area contributed by atoms with Crippen molar-refractivity contribution in [1.29, 1.82) is 0 Å². The van der Waals surface area contributed by atoms with Crippen LogP contribution in [0.15, 0.2) is 0 Å². The number of nitrogens with one attached hydrogen (secondary N) is 1. The van der Waals surface area contributed by atoms with Gasteiger partial charge in [0.25, 0.3) is 0 Å². The molecular weight excluding hydrogens is 290 g/mol. The molecule has 4 amide bonds. The van der Waals surface area contributed by atoms with Crippen LogP contribution in [0.4, 0.5) is 4.79 Å². The number of nitrogens with zero attached hydrogens (tertiary/aromatic N) is 2. The van der Waals surface area contributed by atoms with E-state index in [9.17, 15) is 14.4 Å². The van der Waals surface area contributed by atoms with E-state index in [-0.39, 0.29) is 30.4 Å². The normalized spacial score (nSPS) is 26.8. The number of rotatable bonds is 4. The van der Waals surface area contributed by atoms with Gasteiger partial charge in [0, 0.05) is 18.3 Å². The van der Waals surface area contributed by atoms with Crippen molar-refractivity contribution >= 4 is 29.6 Å². The van der Waals surface area contributed by atoms with Crippen LogP contribution in [0.25, 0.3) is 0 Å². The summed E-state index contributed by atoms with van der Waals surface area (Å²) >= 11 is 1.76. The average Bonchev–Trinajstić information content (AvgIpc) is 3.18. The zero-order valence-corrected chi connectivity index (χ0v) is 12.9. The van der Waals surface area contributed by atoms with Crippen molar-refractivity contribution in [1.82, 2.24) is 15.1 Å². The van der Waals surface area contributed by atoms with Crippen LogP contribution in [0.2, 0.25) is 0 Å². The monoisotopic (exact) mass is 311 g/mol. The predicted octanol–water partition coefficient (Wildman–Crippen LogP) is 0.815. The van der Waals surface area contributed by atoms with Gasteiger partial charge in [-0.3, -0.25) is 14.5 Å². The molecule has 2 aliphatic heterocycles. The van der Waals surface area contributed by atoms with Crippen molar-refractivity contribution in [3.8, 4) is 0 Å². The molecule has 0 spiro atoms. The lowest BCUT2D eigenvalue weighted by molar-refractivity contribution is -0.129. The molecule has 2 saturated heterocycles. The van der Waals surface area contributed by atoms with Gasteiger partial charge >= 0.3 is 6.03 Å². The minimum atomic E-state index is -0.320. The third kappa shape index (κ3) is 3.17. The second-order valence-electron chi connectivity index (χ2n) is 5.92. The Morgan fingerprint density at radius 3 is 2.67 bits per heavy atom. The molecule has 0 aromatic rings. The highest BCUT2D eigenvalue weighted by molar-refractivity contribution is 8.00. The Morgan fingerprint density at radius 2 is 2.00 bits per heavy atom. The second-order valence-corrected chi connectivity index (χ2v) is 7.21. The molecule has 1 atom stereocenters. The number of hydrogen-bond acceptors (Lipinski definition) is 4. The largest absolute Gasteiger partial charge is 0.340 e. The lowest BCUT2D eigenvalue weighted by Gasteiger charge is -2.21. The number of imide groups is 1. The summed E-state index contributed by atoms with van der Waals surface area (Å²) in [6, 6.07) is -0.472. The highest BCUT2D eigenvalue weighted by Crippen LogP contribution is 2.30. The lowest BCUT2D eigenvalue weighted by Crippen LogP contribution is -2.43. The molecule has 21 heavy (non-hydrogen) atoms. The third-order valence-corrected chi connectivity index (χ3v) is 5.86. The fraction of sp³-hybridized carbons (Fsp3) is 0.786. The van der Waals surface area contributed by atoms with Gasteiger partial charge in [0.05, 0.1) is 18.3 Å². The molecule has 3 fully saturated rings. The maximum Gasteiger partial charge on any atom is 0.324 e. The highest BCUT2D eigenvalue weighted by Gasteiger charge is 2.39. The van der Waals surface area contributed by atoms with E-state index in [1.807, 2.05) is 0 Å². The fourth-order valence-electron chi connectivity index (χ4n) is 3.32. The molecule has 1 unspecified atom stereocenters. The number of urea groups is 1. The smallest absolute Gasteiger partial charge is 0.324 e. The van der Waals surface area contributed by atoms with Crippen LogP contribution < -0.4 is 5.32 Å². The fourth-order valence-corrected chi connectivity index (χ4v) is 4.55. The molecule has 116 valence electrons. The Hall–Kier alpha value is -1.24. The Morgan fingerprint density at radius 1 is 1.24 bits per heavy atom. The zero-order valence-electron chi connectivity index (χ0n) is 12.0. The molecule has 0 radical (unpaired) electrons. The van der Waals surface area contributed by atoms with E-state index in [1.54, 1.807) is 16.7 Å². The molecule has 6 nitrogen and oxygen atoms in total. The Kier molecular flexibility index (Phi) is 4.37. The molecule has 1 saturated carbocycles. The van der Waals surface area contributed by atoms with Crippen LogP contribution in [-0.4, -0.2) is 64.3 Å². The third-order valence-electron chi connectivity index (χ3n) is 4.50. The summed E-state index contributed by atoms with van der Waals surface area (Å²) in [5.41, 5.74) is 0. The number of amides is 4. The van der Waals surface area contributed by atoms with Gasteiger partial charge < -0.3 is 10.2 Å². The van der Waals surface area contributed by atoms with Gasteiger partial charge in [0.1, 0.15) is 0 Å². The van der Waals surface area contributed by atoms with Crippen molar-refractivity contribution in [2.24, 2.45) is 0 Å². The first kappa shape index (κ1) is 14.7. The molecule has 1 N–H and O–H groups in total. The Balaban J connectivity index is 1.48. The van der Waals surface area contributed by atoms with Crippen LogP contribution in [0.5, 0.6) is 0 Å². The number of carbonyl (C=O) groups is 3. The number of carbonyl (C=O) groups excluding carboxylic acids is 3. The van der Waals surface area contributed by atoms with Crippen LogP contribution in [0.3, 0.4) is 0 Å². The van der Waals surface area contributed by atoms with Crippen molar-refractivity contribution in [2.45, 2.75) is 43.4 Å². The molecule has 1 aliphatic carbocycles. The Bertz CT molecular complexity index is 435. The van der Waals surface area contributed by atoms with Crippen LogP contribution >= 0.6 is 11.8 Å². The zero-order chi connectivity index (χ0) is 14.8. The van der Waals surface area contributed by atoms with Crippen LogP contribution in [0, 0.1) is 0 Å². The van der Waals surface area contributed by atoms with Crippen molar-refractivity contribution in [3.05, 3.63) is 0 Å². The summed E-state index contributed by atoms with van der Waals surface area (Å²) in [6.45, 7) is 1.22. The minimum Gasteiger partial charge on any atom is -0.340 e. The molecule has 3 rings (SSSR count). The Labute approximate surface area is 128 Å². The van der Waals surface area contributed by atoms with Crippen molar-refractivity contribution in [2.75, 3.05) is 25.4 Å². The van der Waals surface area contributed by atoms with Crippen molar-refractivity contribution in [3.63, 3.8) is 0 Å². The van der Waals surface area contributed by atoms with E-state index >= 15 is 0 Å². The van der Waals surface area contributed by atoms with Gasteiger partial charge in [-0.2, -0.15) is 0 Å². The van der Waals surface area contributed by atoms with Crippen LogP contribution in [0.1, 0.15) is 32.1 Å². The maximum absolute atomic E-state index is 12.2. The van der Waals surface area contributed by atoms with E-state index in [1.165, 1.54) is 30.6 Å². The molecule has 2 heterocycles. The average molecular weight is 311 g/mol. The van der Waals surface area contributed by atoms with Gasteiger partial charge in [-0.25, -0.2) is 4.79 Å². The van der Waals surface area contributed by atoms with E-state index in [0.29, 0.717) is 30.5 Å². The summed E-state index contributed by atoms with van der Waals surface area (Å²) in [6.07, 6.45) is 5.71. The summed E-state index contributed by atoms with van der Waals surface area (Å²) in [5, 5.41) is 3.17. The predicted molar refractivity (Wildman–Crippen MR) is 79.9 cm³/mol. The molecular formula is C14H21N3O3S. The van der Waals surface area contributed by atoms with E-state index < -0.39 is 0 Å². The lowest BCUT2D eigenvalue weighted by atomic mass is 10.2. The topological polar surface area (TPSA) is 69.7 Å². The van der Waals surface area contributed by atoms with Crippen molar-refractivity contribution < 1.29 is 14.4 Å². The summed E-state index contributed by atoms with van der Waals surface area (Å²) < 4.78 is 0. The van der Waals surface area contributed by atoms with Gasteiger partial charge in [0.2, 0.25) is 11.8 Å². The quantitative estimate of drug-likeness (QED) is 0.780. The van der Waals surface area contributed by atoms with Crippen LogP contribution in [-0.2, 0) is 9.59 Å². The first-order valence-corrected chi connectivity index (χ1v) is 8.69. The summed E-state index contributed by atoms with van der Waals surface area (Å²) in [4.78, 5) is 38.6. The second kappa shape index (κ2) is 6.25. The molecule has 0 aromatic carbocycles. The van der Waals surface area contributed by atoms with E-state index in [2.05, 4.69) is 5.32 Å². The minimum absolute atomic E-state index is 0.0841. The molecule has 0 bridgehead atoms. The highest BCUT2D eigenvalue weighted by atomic mass is 32.2. The number of likely N-dealkylation sites (tertiary alicyclic amines) is 1. The molecule has 3 aliphatic rings. The van der Waals surface area contributed by atoms with Gasteiger partial charge in [0.15, 0.2) is 0 Å².